The van der Waals surface area contributed by atoms with Crippen LogP contribution < -0.4 is 5.32 Å². The molecule has 0 aliphatic rings. The molecule has 0 aliphatic heterocycles. The Labute approximate surface area is 112 Å². The molecule has 0 amide bonds. The van der Waals surface area contributed by atoms with Crippen molar-refractivity contribution in [2.75, 3.05) is 5.32 Å². The fraction of sp³-hybridized carbons (Fsp3) is 0.267. The van der Waals surface area contributed by atoms with Crippen LogP contribution in [0, 0.1) is 6.92 Å². The van der Waals surface area contributed by atoms with Crippen molar-refractivity contribution in [3.05, 3.63) is 53.5 Å². The molecule has 1 heterocycles. The van der Waals surface area contributed by atoms with Crippen molar-refractivity contribution in [2.24, 2.45) is 0 Å². The molecule has 19 heavy (non-hydrogen) atoms. The second kappa shape index (κ2) is 5.61. The summed E-state index contributed by atoms with van der Waals surface area (Å²) in [5.41, 5.74) is 2.11. The smallest absolute Gasteiger partial charge is 0.335 e. The highest BCUT2D eigenvalue weighted by Gasteiger charge is 2.14. The Bertz CT molecular complexity index is 561. The van der Waals surface area contributed by atoms with E-state index in [0.29, 0.717) is 0 Å². The molecule has 1 atom stereocenters. The van der Waals surface area contributed by atoms with Crippen LogP contribution in [0.1, 0.15) is 41.1 Å². The highest BCUT2D eigenvalue weighted by atomic mass is 16.4. The molecule has 0 radical (unpaired) electrons. The van der Waals surface area contributed by atoms with E-state index in [2.05, 4.69) is 12.2 Å². The zero-order chi connectivity index (χ0) is 13.8. The monoisotopic (exact) mass is 259 g/mol. The lowest BCUT2D eigenvalue weighted by Gasteiger charge is -2.18. The van der Waals surface area contributed by atoms with Gasteiger partial charge in [0.2, 0.25) is 0 Å². The van der Waals surface area contributed by atoms with E-state index >= 15 is 0 Å². The van der Waals surface area contributed by atoms with Crippen LogP contribution in [0.25, 0.3) is 0 Å². The summed E-state index contributed by atoms with van der Waals surface area (Å²) < 4.78 is 5.40. The van der Waals surface area contributed by atoms with E-state index in [-0.39, 0.29) is 11.6 Å². The molecule has 0 spiro atoms. The first kappa shape index (κ1) is 13.2. The summed E-state index contributed by atoms with van der Waals surface area (Å²) in [5.74, 6) is -0.0725. The molecule has 0 fully saturated rings. The molecule has 2 aromatic rings. The lowest BCUT2D eigenvalue weighted by Crippen LogP contribution is -2.10. The van der Waals surface area contributed by atoms with Gasteiger partial charge in [-0.25, -0.2) is 4.79 Å². The Morgan fingerprint density at radius 2 is 2.21 bits per heavy atom. The molecule has 0 saturated heterocycles. The van der Waals surface area contributed by atoms with Crippen molar-refractivity contribution in [1.82, 2.24) is 0 Å². The summed E-state index contributed by atoms with van der Waals surface area (Å²) in [4.78, 5) is 11.0. The number of rotatable bonds is 5. The van der Waals surface area contributed by atoms with Gasteiger partial charge < -0.3 is 14.8 Å². The normalized spacial score (nSPS) is 12.1. The third-order valence-corrected chi connectivity index (χ3v) is 3.11. The number of hydrogen-bond donors (Lipinski definition) is 2. The number of carbonyl (C=O) groups is 1. The Balaban J connectivity index is 2.26. The minimum atomic E-state index is -0.922. The lowest BCUT2D eigenvalue weighted by atomic mass is 10.1. The summed E-state index contributed by atoms with van der Waals surface area (Å²) in [7, 11) is 0. The minimum Gasteiger partial charge on any atom is -0.478 e. The number of aryl methyl sites for hydroxylation is 1. The molecule has 0 aliphatic carbocycles. The number of nitrogens with one attached hydrogen (secondary N) is 1. The number of carboxylic acids is 1. The predicted molar refractivity (Wildman–Crippen MR) is 73.5 cm³/mol. The number of furan rings is 1. The molecule has 100 valence electrons. The summed E-state index contributed by atoms with van der Waals surface area (Å²) in [6.07, 6.45) is 2.49. The van der Waals surface area contributed by atoms with Gasteiger partial charge >= 0.3 is 5.97 Å². The first-order chi connectivity index (χ1) is 9.11. The van der Waals surface area contributed by atoms with Crippen LogP contribution in [0.5, 0.6) is 0 Å². The Morgan fingerprint density at radius 1 is 1.42 bits per heavy atom. The van der Waals surface area contributed by atoms with Crippen LogP contribution >= 0.6 is 0 Å². The van der Waals surface area contributed by atoms with E-state index in [0.717, 1.165) is 23.4 Å². The summed E-state index contributed by atoms with van der Waals surface area (Å²) >= 11 is 0. The molecular formula is C15H17NO3. The van der Waals surface area contributed by atoms with Gasteiger partial charge in [-0.3, -0.25) is 0 Å². The van der Waals surface area contributed by atoms with Gasteiger partial charge in [-0.15, -0.1) is 0 Å². The van der Waals surface area contributed by atoms with Crippen LogP contribution in [0.2, 0.25) is 0 Å². The van der Waals surface area contributed by atoms with Gasteiger partial charge in [0.25, 0.3) is 0 Å². The zero-order valence-corrected chi connectivity index (χ0v) is 11.0. The van der Waals surface area contributed by atoms with Gasteiger partial charge in [0, 0.05) is 5.69 Å². The van der Waals surface area contributed by atoms with Crippen LogP contribution in [-0.4, -0.2) is 11.1 Å². The number of hydrogen-bond acceptors (Lipinski definition) is 3. The lowest BCUT2D eigenvalue weighted by molar-refractivity contribution is 0.0697. The van der Waals surface area contributed by atoms with E-state index in [4.69, 9.17) is 9.52 Å². The Kier molecular flexibility index (Phi) is 3.90. The third-order valence-electron chi connectivity index (χ3n) is 3.11. The maximum absolute atomic E-state index is 11.0. The van der Waals surface area contributed by atoms with Crippen LogP contribution in [0.4, 0.5) is 5.69 Å². The molecule has 1 aromatic carbocycles. The van der Waals surface area contributed by atoms with Crippen molar-refractivity contribution in [1.29, 1.82) is 0 Å². The zero-order valence-electron chi connectivity index (χ0n) is 11.0. The van der Waals surface area contributed by atoms with Crippen LogP contribution in [0.3, 0.4) is 0 Å². The van der Waals surface area contributed by atoms with E-state index in [9.17, 15) is 4.79 Å². The second-order valence-corrected chi connectivity index (χ2v) is 4.46. The maximum Gasteiger partial charge on any atom is 0.335 e. The van der Waals surface area contributed by atoms with Gasteiger partial charge in [0.05, 0.1) is 17.9 Å². The topological polar surface area (TPSA) is 62.5 Å². The fourth-order valence-electron chi connectivity index (χ4n) is 1.96. The van der Waals surface area contributed by atoms with Gasteiger partial charge in [0.15, 0.2) is 0 Å². The molecule has 4 nitrogen and oxygen atoms in total. The molecule has 2 rings (SSSR count). The molecule has 0 bridgehead atoms. The summed E-state index contributed by atoms with van der Waals surface area (Å²) in [6.45, 7) is 4.00. The average molecular weight is 259 g/mol. The summed E-state index contributed by atoms with van der Waals surface area (Å²) in [5, 5.41) is 12.4. The van der Waals surface area contributed by atoms with Crippen molar-refractivity contribution >= 4 is 11.7 Å². The molecule has 0 saturated carbocycles. The first-order valence-electron chi connectivity index (χ1n) is 6.25. The number of carboxylic acid groups (broad SMARTS) is 1. The summed E-state index contributed by atoms with van der Waals surface area (Å²) in [6, 6.07) is 8.87. The van der Waals surface area contributed by atoms with Crippen molar-refractivity contribution in [2.45, 2.75) is 26.3 Å². The highest BCUT2D eigenvalue weighted by molar-refractivity contribution is 5.89. The number of aromatic carboxylic acids is 1. The van der Waals surface area contributed by atoms with Gasteiger partial charge in [0.1, 0.15) is 5.76 Å². The molecule has 1 aromatic heterocycles. The second-order valence-electron chi connectivity index (χ2n) is 4.46. The van der Waals surface area contributed by atoms with E-state index in [1.807, 2.05) is 19.1 Å². The standard InChI is InChI=1S/C15H17NO3/c1-3-12(14-5-4-8-19-14)16-13-9-11(15(17)18)7-6-10(13)2/h4-9,12,16H,3H2,1-2H3,(H,17,18). The Morgan fingerprint density at radius 3 is 2.79 bits per heavy atom. The maximum atomic E-state index is 11.0. The third kappa shape index (κ3) is 2.96. The van der Waals surface area contributed by atoms with Gasteiger partial charge in [-0.2, -0.15) is 0 Å². The molecule has 2 N–H and O–H groups in total. The molecular weight excluding hydrogens is 242 g/mol. The van der Waals surface area contributed by atoms with Gasteiger partial charge in [-0.1, -0.05) is 13.0 Å². The first-order valence-corrected chi connectivity index (χ1v) is 6.25. The van der Waals surface area contributed by atoms with E-state index < -0.39 is 5.97 Å². The van der Waals surface area contributed by atoms with E-state index in [1.54, 1.807) is 24.5 Å². The van der Waals surface area contributed by atoms with Crippen molar-refractivity contribution in [3.63, 3.8) is 0 Å². The van der Waals surface area contributed by atoms with Crippen LogP contribution in [0.15, 0.2) is 41.0 Å². The Hall–Kier alpha value is -2.23. The minimum absolute atomic E-state index is 0.0396. The van der Waals surface area contributed by atoms with Crippen molar-refractivity contribution in [3.8, 4) is 0 Å². The average Bonchev–Trinajstić information content (AvgIpc) is 2.91. The number of anilines is 1. The number of benzene rings is 1. The predicted octanol–water partition coefficient (Wildman–Crippen LogP) is 3.85. The van der Waals surface area contributed by atoms with Crippen LogP contribution in [-0.2, 0) is 0 Å². The van der Waals surface area contributed by atoms with Crippen molar-refractivity contribution < 1.29 is 14.3 Å². The largest absolute Gasteiger partial charge is 0.478 e. The van der Waals surface area contributed by atoms with E-state index in [1.165, 1.54) is 0 Å². The molecule has 4 heteroatoms. The van der Waals surface area contributed by atoms with Gasteiger partial charge in [-0.05, 0) is 43.2 Å². The fourth-order valence-corrected chi connectivity index (χ4v) is 1.96. The highest BCUT2D eigenvalue weighted by Crippen LogP contribution is 2.26. The quantitative estimate of drug-likeness (QED) is 0.856. The molecule has 1 unspecified atom stereocenters. The SMILES string of the molecule is CCC(Nc1cc(C(=O)O)ccc1C)c1ccco1.